The lowest BCUT2D eigenvalue weighted by Crippen LogP contribution is -2.25. The maximum atomic E-state index is 12.2. The van der Waals surface area contributed by atoms with Crippen LogP contribution in [0.1, 0.15) is 18.5 Å². The molecule has 144 valence electrons. The summed E-state index contributed by atoms with van der Waals surface area (Å²) in [6.45, 7) is 3.45. The van der Waals surface area contributed by atoms with Crippen LogP contribution in [0.25, 0.3) is 10.9 Å². The summed E-state index contributed by atoms with van der Waals surface area (Å²) in [5.74, 6) is 1.08. The van der Waals surface area contributed by atoms with E-state index < -0.39 is 10.0 Å². The van der Waals surface area contributed by atoms with Crippen LogP contribution in [0, 0.1) is 0 Å². The lowest BCUT2D eigenvalue weighted by Gasteiger charge is -2.18. The first-order valence-corrected chi connectivity index (χ1v) is 9.97. The van der Waals surface area contributed by atoms with Gasteiger partial charge in [0.05, 0.1) is 24.0 Å². The van der Waals surface area contributed by atoms with Gasteiger partial charge in [0.25, 0.3) is 15.6 Å². The number of para-hydroxylation sites is 1. The number of nitrogens with one attached hydrogen (secondary N) is 1. The molecule has 3 rings (SSSR count). The predicted octanol–water partition coefficient (Wildman–Crippen LogP) is 1.79. The van der Waals surface area contributed by atoms with Crippen molar-refractivity contribution in [3.63, 3.8) is 0 Å². The molecule has 0 aliphatic heterocycles. The SMILES string of the molecule is CCN(Cc1nc2ccccc2c(=O)[nH]1)Cc1ccc(S(=O)(=O)N(C)C)o1. The molecule has 0 aliphatic rings. The van der Waals surface area contributed by atoms with E-state index >= 15 is 0 Å². The van der Waals surface area contributed by atoms with Gasteiger partial charge in [-0.1, -0.05) is 19.1 Å². The number of hydrogen-bond acceptors (Lipinski definition) is 6. The highest BCUT2D eigenvalue weighted by molar-refractivity contribution is 7.88. The fourth-order valence-electron chi connectivity index (χ4n) is 2.68. The third kappa shape index (κ3) is 4.10. The molecule has 0 bridgehead atoms. The van der Waals surface area contributed by atoms with Gasteiger partial charge < -0.3 is 9.40 Å². The topological polar surface area (TPSA) is 99.5 Å². The van der Waals surface area contributed by atoms with Gasteiger partial charge in [-0.15, -0.1) is 0 Å². The number of furan rings is 1. The van der Waals surface area contributed by atoms with Gasteiger partial charge in [0.15, 0.2) is 0 Å². The summed E-state index contributed by atoms with van der Waals surface area (Å²) in [5, 5.41) is 0.463. The van der Waals surface area contributed by atoms with Gasteiger partial charge >= 0.3 is 0 Å². The highest BCUT2D eigenvalue weighted by Crippen LogP contribution is 2.18. The maximum absolute atomic E-state index is 12.2. The monoisotopic (exact) mass is 390 g/mol. The summed E-state index contributed by atoms with van der Waals surface area (Å²) in [7, 11) is -0.687. The number of aromatic nitrogens is 2. The third-order valence-electron chi connectivity index (χ3n) is 4.23. The highest BCUT2D eigenvalue weighted by atomic mass is 32.2. The quantitative estimate of drug-likeness (QED) is 0.660. The van der Waals surface area contributed by atoms with Gasteiger partial charge in [-0.2, -0.15) is 0 Å². The number of nitrogens with zero attached hydrogens (tertiary/aromatic N) is 3. The van der Waals surface area contributed by atoms with Crippen LogP contribution in [0.5, 0.6) is 0 Å². The Morgan fingerprint density at radius 3 is 2.56 bits per heavy atom. The second kappa shape index (κ2) is 7.63. The standard InChI is InChI=1S/C18H22N4O4S/c1-4-22(11-13-9-10-17(26-13)27(24,25)21(2)3)12-16-19-15-8-6-5-7-14(15)18(23)20-16/h5-10H,4,11-12H2,1-3H3,(H,19,20,23). The van der Waals surface area contributed by atoms with E-state index in [1.165, 1.54) is 20.2 Å². The summed E-state index contributed by atoms with van der Waals surface area (Å²) in [5.41, 5.74) is 0.466. The van der Waals surface area contributed by atoms with E-state index in [0.717, 1.165) is 4.31 Å². The van der Waals surface area contributed by atoms with E-state index in [4.69, 9.17) is 4.42 Å². The van der Waals surface area contributed by atoms with Gasteiger partial charge in [-0.25, -0.2) is 17.7 Å². The van der Waals surface area contributed by atoms with E-state index in [2.05, 4.69) is 9.97 Å². The zero-order valence-corrected chi connectivity index (χ0v) is 16.3. The summed E-state index contributed by atoms with van der Waals surface area (Å²) in [6.07, 6.45) is 0. The van der Waals surface area contributed by atoms with Crippen LogP contribution >= 0.6 is 0 Å². The van der Waals surface area contributed by atoms with Gasteiger partial charge in [0, 0.05) is 14.1 Å². The molecular weight excluding hydrogens is 368 g/mol. The number of H-pyrrole nitrogens is 1. The predicted molar refractivity (Wildman–Crippen MR) is 102 cm³/mol. The van der Waals surface area contributed by atoms with E-state index in [1.807, 2.05) is 17.9 Å². The lowest BCUT2D eigenvalue weighted by atomic mass is 10.2. The number of aromatic amines is 1. The molecule has 0 unspecified atom stereocenters. The van der Waals surface area contributed by atoms with E-state index in [0.29, 0.717) is 42.1 Å². The molecule has 2 heterocycles. The number of hydrogen-bond donors (Lipinski definition) is 1. The molecule has 0 spiro atoms. The molecule has 9 heteroatoms. The van der Waals surface area contributed by atoms with E-state index in [-0.39, 0.29) is 10.7 Å². The van der Waals surface area contributed by atoms with Gasteiger partial charge in [0.1, 0.15) is 11.6 Å². The van der Waals surface area contributed by atoms with Crippen LogP contribution < -0.4 is 5.56 Å². The molecule has 1 N–H and O–H groups in total. The Hall–Kier alpha value is -2.49. The van der Waals surface area contributed by atoms with Crippen molar-refractivity contribution in [1.29, 1.82) is 0 Å². The second-order valence-electron chi connectivity index (χ2n) is 6.34. The van der Waals surface area contributed by atoms with Crippen molar-refractivity contribution in [3.8, 4) is 0 Å². The molecule has 0 atom stereocenters. The van der Waals surface area contributed by atoms with Crippen LogP contribution in [0.3, 0.4) is 0 Å². The van der Waals surface area contributed by atoms with E-state index in [1.54, 1.807) is 24.3 Å². The molecule has 0 fully saturated rings. The summed E-state index contributed by atoms with van der Waals surface area (Å²) < 4.78 is 30.9. The van der Waals surface area contributed by atoms with Gasteiger partial charge in [0.2, 0.25) is 5.09 Å². The largest absolute Gasteiger partial charge is 0.447 e. The van der Waals surface area contributed by atoms with Crippen molar-refractivity contribution in [3.05, 3.63) is 58.3 Å². The molecular formula is C18H22N4O4S. The average molecular weight is 390 g/mol. The average Bonchev–Trinajstić information content (AvgIpc) is 3.10. The summed E-state index contributed by atoms with van der Waals surface area (Å²) in [6, 6.07) is 10.3. The second-order valence-corrected chi connectivity index (χ2v) is 8.42. The molecule has 8 nitrogen and oxygen atoms in total. The van der Waals surface area contributed by atoms with Crippen molar-refractivity contribution in [2.75, 3.05) is 20.6 Å². The number of benzene rings is 1. The molecule has 0 saturated carbocycles. The first-order chi connectivity index (χ1) is 12.8. The van der Waals surface area contributed by atoms with Crippen LogP contribution in [-0.2, 0) is 23.1 Å². The molecule has 1 aromatic carbocycles. The first-order valence-electron chi connectivity index (χ1n) is 8.52. The molecule has 0 saturated heterocycles. The number of rotatable bonds is 7. The lowest BCUT2D eigenvalue weighted by molar-refractivity contribution is 0.234. The summed E-state index contributed by atoms with van der Waals surface area (Å²) >= 11 is 0. The zero-order chi connectivity index (χ0) is 19.6. The third-order valence-corrected chi connectivity index (χ3v) is 5.92. The number of sulfonamides is 1. The minimum absolute atomic E-state index is 0.0872. The van der Waals surface area contributed by atoms with Gasteiger partial charge in [-0.3, -0.25) is 9.69 Å². The smallest absolute Gasteiger partial charge is 0.275 e. The highest BCUT2D eigenvalue weighted by Gasteiger charge is 2.22. The Bertz CT molecular complexity index is 1100. The molecule has 3 aromatic rings. The molecule has 0 aliphatic carbocycles. The Labute approximate surface area is 157 Å². The Kier molecular flexibility index (Phi) is 5.45. The fourth-order valence-corrected chi connectivity index (χ4v) is 3.50. The Morgan fingerprint density at radius 2 is 1.85 bits per heavy atom. The first kappa shape index (κ1) is 19.3. The Balaban J connectivity index is 1.79. The van der Waals surface area contributed by atoms with Crippen molar-refractivity contribution < 1.29 is 12.8 Å². The van der Waals surface area contributed by atoms with Crippen LogP contribution in [0.15, 0.2) is 50.7 Å². The van der Waals surface area contributed by atoms with Crippen molar-refractivity contribution in [2.24, 2.45) is 0 Å². The normalized spacial score (nSPS) is 12.3. The van der Waals surface area contributed by atoms with Crippen molar-refractivity contribution in [2.45, 2.75) is 25.1 Å². The number of fused-ring (bicyclic) bond motifs is 1. The van der Waals surface area contributed by atoms with Crippen molar-refractivity contribution in [1.82, 2.24) is 19.2 Å². The Morgan fingerprint density at radius 1 is 1.11 bits per heavy atom. The van der Waals surface area contributed by atoms with Crippen molar-refractivity contribution >= 4 is 20.9 Å². The van der Waals surface area contributed by atoms with Crippen LogP contribution in [0.2, 0.25) is 0 Å². The fraction of sp³-hybridized carbons (Fsp3) is 0.333. The molecule has 0 amide bonds. The van der Waals surface area contributed by atoms with Gasteiger partial charge in [-0.05, 0) is 30.8 Å². The van der Waals surface area contributed by atoms with Crippen LogP contribution in [-0.4, -0.2) is 48.2 Å². The summed E-state index contributed by atoms with van der Waals surface area (Å²) in [4.78, 5) is 21.5. The molecule has 27 heavy (non-hydrogen) atoms. The minimum Gasteiger partial charge on any atom is -0.447 e. The minimum atomic E-state index is -3.60. The zero-order valence-electron chi connectivity index (χ0n) is 15.5. The van der Waals surface area contributed by atoms with E-state index in [9.17, 15) is 13.2 Å². The van der Waals surface area contributed by atoms with Crippen LogP contribution in [0.4, 0.5) is 0 Å². The molecule has 0 radical (unpaired) electrons. The molecule has 2 aromatic heterocycles. The maximum Gasteiger partial charge on any atom is 0.275 e.